The molecule has 9 rings (SSSR count). The van der Waals surface area contributed by atoms with Crippen LogP contribution in [0.2, 0.25) is 0 Å². The molecule has 8 nitrogen and oxygen atoms in total. The molecule has 3 N–H and O–H groups in total. The number of thioether (sulfide) groups is 1. The standard InChI is InChI=1S/C40H46N4O4S/c1-44-13-12-41-39(44)49-25-35-19-36(31-10-8-26(24-45)9-11-31)48-37(47-35)34-7-3-6-33(18-34)32-5-2-4-27(17-32)23-42-38(46)43-40-20-28-14-29(21-40)16-30(15-28)22-40/h2-13,17-18,28-30,35-37,45H,14-16,19-25H2,1H3,(H2,42,43,46)/t28?,29?,30?,35-,36+,37+,40?/m0/s1. The van der Waals surface area contributed by atoms with Gasteiger partial charge in [-0.3, -0.25) is 0 Å². The van der Waals surface area contributed by atoms with E-state index in [0.29, 0.717) is 6.54 Å². The van der Waals surface area contributed by atoms with E-state index in [1.165, 1.54) is 19.3 Å². The Balaban J connectivity index is 0.952. The molecule has 256 valence electrons. The van der Waals surface area contributed by atoms with Gasteiger partial charge in [0.1, 0.15) is 0 Å². The lowest BCUT2D eigenvalue weighted by molar-refractivity contribution is -0.245. The van der Waals surface area contributed by atoms with Crippen LogP contribution >= 0.6 is 11.8 Å². The van der Waals surface area contributed by atoms with Crippen molar-refractivity contribution in [2.24, 2.45) is 24.8 Å². The SMILES string of the molecule is Cn1ccnc1SC[C@@H]1C[C@H](c2ccc(CO)cc2)O[C@H](c2cccc(-c3cccc(CNC(=O)NC45CC6CC(CC(C6)C4)C5)c3)c2)O1. The molecule has 9 heteroatoms. The highest BCUT2D eigenvalue weighted by molar-refractivity contribution is 7.99. The number of nitrogens with zero attached hydrogens (tertiary/aromatic N) is 2. The van der Waals surface area contributed by atoms with Gasteiger partial charge in [0.05, 0.1) is 18.8 Å². The molecule has 2 amide bonds. The second kappa shape index (κ2) is 13.9. The van der Waals surface area contributed by atoms with Gasteiger partial charge in [-0.1, -0.05) is 72.4 Å². The van der Waals surface area contributed by atoms with Crippen LogP contribution in [0, 0.1) is 17.8 Å². The fourth-order valence-electron chi connectivity index (χ4n) is 9.14. The van der Waals surface area contributed by atoms with Crippen LogP contribution in [-0.4, -0.2) is 38.1 Å². The van der Waals surface area contributed by atoms with E-state index in [4.69, 9.17) is 9.47 Å². The highest BCUT2D eigenvalue weighted by atomic mass is 32.2. The van der Waals surface area contributed by atoms with Gasteiger partial charge in [0, 0.05) is 49.3 Å². The molecule has 49 heavy (non-hydrogen) atoms. The first-order chi connectivity index (χ1) is 23.9. The first-order valence-electron chi connectivity index (χ1n) is 17.8. The Morgan fingerprint density at radius 1 is 0.898 bits per heavy atom. The number of aromatic nitrogens is 2. The summed E-state index contributed by atoms with van der Waals surface area (Å²) in [5.41, 5.74) is 6.12. The predicted octanol–water partition coefficient (Wildman–Crippen LogP) is 7.69. The Labute approximate surface area is 293 Å². The van der Waals surface area contributed by atoms with E-state index in [1.54, 1.807) is 11.8 Å². The van der Waals surface area contributed by atoms with Gasteiger partial charge in [0.25, 0.3) is 0 Å². The van der Waals surface area contributed by atoms with E-state index in [0.717, 1.165) is 87.7 Å². The minimum Gasteiger partial charge on any atom is -0.392 e. The molecule has 5 fully saturated rings. The van der Waals surface area contributed by atoms with Crippen LogP contribution < -0.4 is 10.6 Å². The molecule has 4 aromatic rings. The Morgan fingerprint density at radius 3 is 2.31 bits per heavy atom. The maximum Gasteiger partial charge on any atom is 0.315 e. The lowest BCUT2D eigenvalue weighted by Crippen LogP contribution is -2.61. The Hall–Kier alpha value is -3.63. The Morgan fingerprint density at radius 2 is 1.61 bits per heavy atom. The molecule has 1 aromatic heterocycles. The summed E-state index contributed by atoms with van der Waals surface area (Å²) in [6.07, 6.45) is 11.3. The number of nitrogens with one attached hydrogen (secondary N) is 2. The van der Waals surface area contributed by atoms with Gasteiger partial charge in [0.15, 0.2) is 11.4 Å². The van der Waals surface area contributed by atoms with Crippen LogP contribution in [0.25, 0.3) is 11.1 Å². The van der Waals surface area contributed by atoms with E-state index in [-0.39, 0.29) is 30.4 Å². The van der Waals surface area contributed by atoms with Gasteiger partial charge in [-0.15, -0.1) is 0 Å². The second-order valence-corrected chi connectivity index (χ2v) is 15.8. The van der Waals surface area contributed by atoms with Crippen LogP contribution in [0.4, 0.5) is 4.79 Å². The number of carbonyl (C=O) groups excluding carboxylic acids is 1. The zero-order chi connectivity index (χ0) is 33.4. The molecule has 4 aliphatic carbocycles. The fourth-order valence-corrected chi connectivity index (χ4v) is 10.1. The van der Waals surface area contributed by atoms with Crippen LogP contribution in [0.5, 0.6) is 0 Å². The average molecular weight is 679 g/mol. The third-order valence-electron chi connectivity index (χ3n) is 11.1. The van der Waals surface area contributed by atoms with Gasteiger partial charge in [0.2, 0.25) is 0 Å². The van der Waals surface area contributed by atoms with Crippen LogP contribution in [0.1, 0.15) is 79.6 Å². The summed E-state index contributed by atoms with van der Waals surface area (Å²) in [6.45, 7) is 0.492. The molecule has 0 unspecified atom stereocenters. The summed E-state index contributed by atoms with van der Waals surface area (Å²) in [4.78, 5) is 17.6. The number of hydrogen-bond acceptors (Lipinski definition) is 6. The highest BCUT2D eigenvalue weighted by Gasteiger charge is 2.51. The largest absolute Gasteiger partial charge is 0.392 e. The van der Waals surface area contributed by atoms with E-state index >= 15 is 0 Å². The molecule has 2 heterocycles. The van der Waals surface area contributed by atoms with Gasteiger partial charge >= 0.3 is 6.03 Å². The summed E-state index contributed by atoms with van der Waals surface area (Å²) in [5, 5.41) is 17.1. The molecule has 0 spiro atoms. The van der Waals surface area contributed by atoms with Crippen molar-refractivity contribution in [3.8, 4) is 11.1 Å². The van der Waals surface area contributed by atoms with Gasteiger partial charge in [-0.2, -0.15) is 0 Å². The average Bonchev–Trinajstić information content (AvgIpc) is 3.53. The summed E-state index contributed by atoms with van der Waals surface area (Å²) in [5.74, 6) is 3.14. The predicted molar refractivity (Wildman–Crippen MR) is 191 cm³/mol. The van der Waals surface area contributed by atoms with Gasteiger partial charge in [-0.05, 0) is 96.2 Å². The molecule has 0 radical (unpaired) electrons. The Bertz CT molecular complexity index is 1740. The van der Waals surface area contributed by atoms with E-state index in [9.17, 15) is 9.90 Å². The normalized spacial score (nSPS) is 28.8. The van der Waals surface area contributed by atoms with Crippen molar-refractivity contribution < 1.29 is 19.4 Å². The first-order valence-corrected chi connectivity index (χ1v) is 18.7. The number of imidazole rings is 1. The number of ether oxygens (including phenoxy) is 2. The number of rotatable bonds is 10. The molecule has 4 bridgehead atoms. The molecule has 1 aliphatic heterocycles. The van der Waals surface area contributed by atoms with Crippen molar-refractivity contribution in [1.82, 2.24) is 20.2 Å². The van der Waals surface area contributed by atoms with Crippen molar-refractivity contribution in [2.75, 3.05) is 5.75 Å². The lowest BCUT2D eigenvalue weighted by Gasteiger charge is -2.56. The first kappa shape index (κ1) is 32.6. The van der Waals surface area contributed by atoms with E-state index < -0.39 is 6.29 Å². The van der Waals surface area contributed by atoms with Crippen LogP contribution in [0.3, 0.4) is 0 Å². The topological polar surface area (TPSA) is 97.6 Å². The number of aliphatic hydroxyl groups is 1. The summed E-state index contributed by atoms with van der Waals surface area (Å²) in [6, 6.07) is 24.7. The minimum absolute atomic E-state index is 0.00218. The summed E-state index contributed by atoms with van der Waals surface area (Å²) in [7, 11) is 2.00. The highest BCUT2D eigenvalue weighted by Crippen LogP contribution is 2.55. The lowest BCUT2D eigenvalue weighted by atomic mass is 9.53. The molecule has 3 atom stereocenters. The van der Waals surface area contributed by atoms with Crippen molar-refractivity contribution in [3.63, 3.8) is 0 Å². The number of amides is 2. The number of hydrogen-bond donors (Lipinski definition) is 3. The maximum atomic E-state index is 13.1. The van der Waals surface area contributed by atoms with Crippen LogP contribution in [0.15, 0.2) is 90.3 Å². The summed E-state index contributed by atoms with van der Waals surface area (Å²) >= 11 is 1.69. The second-order valence-electron chi connectivity index (χ2n) is 14.8. The monoisotopic (exact) mass is 678 g/mol. The van der Waals surface area contributed by atoms with Crippen molar-refractivity contribution in [3.05, 3.63) is 107 Å². The zero-order valence-electron chi connectivity index (χ0n) is 28.1. The van der Waals surface area contributed by atoms with Crippen LogP contribution in [-0.2, 0) is 29.7 Å². The molecule has 3 aromatic carbocycles. The smallest absolute Gasteiger partial charge is 0.315 e. The van der Waals surface area contributed by atoms with Crippen molar-refractivity contribution >= 4 is 17.8 Å². The number of aryl methyl sites for hydroxylation is 1. The molecule has 1 saturated heterocycles. The number of carbonyl (C=O) groups is 1. The minimum atomic E-state index is -0.540. The van der Waals surface area contributed by atoms with Gasteiger partial charge < -0.3 is 29.8 Å². The number of aliphatic hydroxyl groups excluding tert-OH is 1. The third-order valence-corrected chi connectivity index (χ3v) is 12.3. The quantitative estimate of drug-likeness (QED) is 0.149. The molecular weight excluding hydrogens is 633 g/mol. The Kier molecular flexibility index (Phi) is 9.27. The summed E-state index contributed by atoms with van der Waals surface area (Å²) < 4.78 is 15.3. The maximum absolute atomic E-state index is 13.1. The van der Waals surface area contributed by atoms with E-state index in [2.05, 4.69) is 64.1 Å². The fraction of sp³-hybridized carbons (Fsp3) is 0.450. The third kappa shape index (κ3) is 7.31. The zero-order valence-corrected chi connectivity index (χ0v) is 28.9. The number of benzene rings is 3. The van der Waals surface area contributed by atoms with Gasteiger partial charge in [-0.25, -0.2) is 9.78 Å². The molecule has 4 saturated carbocycles. The van der Waals surface area contributed by atoms with Crippen molar-refractivity contribution in [1.29, 1.82) is 0 Å². The van der Waals surface area contributed by atoms with E-state index in [1.807, 2.05) is 48.3 Å². The number of urea groups is 1. The van der Waals surface area contributed by atoms with Crippen molar-refractivity contribution in [2.45, 2.75) is 87.3 Å². The molecular formula is C40H46N4O4S. The molecule has 5 aliphatic rings.